The topological polar surface area (TPSA) is 53.4 Å². The molecule has 0 spiro atoms. The normalized spacial score (nSPS) is 12.4. The van der Waals surface area contributed by atoms with Gasteiger partial charge in [-0.05, 0) is 32.0 Å². The molecular formula is C14H14F2N2O2. The van der Waals surface area contributed by atoms with Crippen LogP contribution in [-0.2, 0) is 4.79 Å². The average Bonchev–Trinajstić information content (AvgIpc) is 2.40. The quantitative estimate of drug-likeness (QED) is 0.939. The van der Waals surface area contributed by atoms with Crippen molar-refractivity contribution < 1.29 is 18.7 Å². The maximum absolute atomic E-state index is 13.8. The Morgan fingerprint density at radius 1 is 1.40 bits per heavy atom. The Morgan fingerprint density at radius 3 is 2.65 bits per heavy atom. The molecule has 0 fully saturated rings. The van der Waals surface area contributed by atoms with E-state index >= 15 is 0 Å². The van der Waals surface area contributed by atoms with Gasteiger partial charge in [0.15, 0.2) is 11.6 Å². The lowest BCUT2D eigenvalue weighted by Gasteiger charge is -2.25. The molecular weight excluding hydrogens is 266 g/mol. The molecule has 0 saturated carbocycles. The van der Waals surface area contributed by atoms with Crippen molar-refractivity contribution in [1.29, 1.82) is 0 Å². The molecule has 2 rings (SSSR count). The summed E-state index contributed by atoms with van der Waals surface area (Å²) in [5.41, 5.74) is 0.896. The summed E-state index contributed by atoms with van der Waals surface area (Å²) in [6.45, 7) is 3.16. The number of fused-ring (bicyclic) bond motifs is 1. The van der Waals surface area contributed by atoms with E-state index in [0.717, 1.165) is 6.07 Å². The van der Waals surface area contributed by atoms with Crippen LogP contribution in [0.3, 0.4) is 0 Å². The van der Waals surface area contributed by atoms with E-state index in [-0.39, 0.29) is 5.52 Å². The molecule has 1 aromatic heterocycles. The van der Waals surface area contributed by atoms with Crippen LogP contribution in [0.25, 0.3) is 10.9 Å². The van der Waals surface area contributed by atoms with Gasteiger partial charge in [0, 0.05) is 23.8 Å². The Balaban J connectivity index is 2.70. The molecule has 1 heterocycles. The molecule has 0 saturated heterocycles. The number of aryl methyl sites for hydroxylation is 1. The molecule has 1 unspecified atom stereocenters. The fraction of sp³-hybridized carbons (Fsp3) is 0.286. The molecule has 6 heteroatoms. The van der Waals surface area contributed by atoms with Crippen LogP contribution in [0.5, 0.6) is 0 Å². The highest BCUT2D eigenvalue weighted by Crippen LogP contribution is 2.29. The minimum atomic E-state index is -1.02. The van der Waals surface area contributed by atoms with E-state index in [2.05, 4.69) is 4.98 Å². The minimum absolute atomic E-state index is 0.0931. The van der Waals surface area contributed by atoms with Crippen LogP contribution in [0.1, 0.15) is 12.6 Å². The highest BCUT2D eigenvalue weighted by atomic mass is 19.2. The molecule has 0 radical (unpaired) electrons. The first-order chi connectivity index (χ1) is 9.32. The van der Waals surface area contributed by atoms with E-state index in [1.807, 2.05) is 0 Å². The number of benzene rings is 1. The van der Waals surface area contributed by atoms with Crippen molar-refractivity contribution in [2.75, 3.05) is 11.9 Å². The number of likely N-dealkylation sites (N-methyl/N-ethyl adjacent to an activating group) is 1. The zero-order valence-electron chi connectivity index (χ0n) is 11.3. The molecule has 1 aromatic carbocycles. The van der Waals surface area contributed by atoms with E-state index in [1.165, 1.54) is 17.9 Å². The molecule has 20 heavy (non-hydrogen) atoms. The van der Waals surface area contributed by atoms with Crippen LogP contribution in [0.4, 0.5) is 14.5 Å². The van der Waals surface area contributed by atoms with E-state index in [4.69, 9.17) is 5.11 Å². The van der Waals surface area contributed by atoms with Crippen LogP contribution in [-0.4, -0.2) is 29.1 Å². The number of pyridine rings is 1. The summed E-state index contributed by atoms with van der Waals surface area (Å²) in [6, 6.07) is 3.27. The predicted octanol–water partition coefficient (Wildman–Crippen LogP) is 2.73. The smallest absolute Gasteiger partial charge is 0.326 e. The second-order valence-electron chi connectivity index (χ2n) is 4.67. The van der Waals surface area contributed by atoms with Gasteiger partial charge < -0.3 is 10.0 Å². The third kappa shape index (κ3) is 2.29. The number of aliphatic carboxylic acids is 1. The lowest BCUT2D eigenvalue weighted by molar-refractivity contribution is -0.138. The number of rotatable bonds is 3. The fourth-order valence-corrected chi connectivity index (χ4v) is 2.01. The molecule has 1 atom stereocenters. The number of hydrogen-bond acceptors (Lipinski definition) is 3. The van der Waals surface area contributed by atoms with E-state index < -0.39 is 23.6 Å². The van der Waals surface area contributed by atoms with Crippen molar-refractivity contribution in [2.24, 2.45) is 0 Å². The van der Waals surface area contributed by atoms with Crippen LogP contribution >= 0.6 is 0 Å². The van der Waals surface area contributed by atoms with Gasteiger partial charge in [0.2, 0.25) is 0 Å². The number of carbonyl (C=O) groups is 1. The summed E-state index contributed by atoms with van der Waals surface area (Å²) >= 11 is 0. The maximum Gasteiger partial charge on any atom is 0.326 e. The maximum atomic E-state index is 13.8. The third-order valence-corrected chi connectivity index (χ3v) is 3.30. The van der Waals surface area contributed by atoms with Crippen LogP contribution in [0.15, 0.2) is 18.2 Å². The first kappa shape index (κ1) is 14.2. The number of anilines is 1. The standard InChI is InChI=1S/C14H14F2N2O2/c1-7-6-11(18(3)8(2)14(19)20)9-4-5-10(15)12(16)13(9)17-7/h4-6,8H,1-3H3,(H,19,20). The summed E-state index contributed by atoms with van der Waals surface area (Å²) in [5.74, 6) is -3.00. The second kappa shape index (κ2) is 5.03. The molecule has 0 bridgehead atoms. The highest BCUT2D eigenvalue weighted by Gasteiger charge is 2.21. The number of aromatic nitrogens is 1. The lowest BCUT2D eigenvalue weighted by Crippen LogP contribution is -2.36. The first-order valence-corrected chi connectivity index (χ1v) is 6.04. The van der Waals surface area contributed by atoms with Crippen molar-refractivity contribution in [1.82, 2.24) is 4.98 Å². The minimum Gasteiger partial charge on any atom is -0.480 e. The molecule has 106 valence electrons. The van der Waals surface area contributed by atoms with E-state index in [9.17, 15) is 13.6 Å². The Hall–Kier alpha value is -2.24. The zero-order valence-corrected chi connectivity index (χ0v) is 11.3. The third-order valence-electron chi connectivity index (χ3n) is 3.30. The summed E-state index contributed by atoms with van der Waals surface area (Å²) < 4.78 is 27.1. The lowest BCUT2D eigenvalue weighted by atomic mass is 10.1. The van der Waals surface area contributed by atoms with Gasteiger partial charge in [-0.2, -0.15) is 0 Å². The van der Waals surface area contributed by atoms with Crippen LogP contribution in [0.2, 0.25) is 0 Å². The number of carboxylic acid groups (broad SMARTS) is 1. The van der Waals surface area contributed by atoms with Gasteiger partial charge in [0.25, 0.3) is 0 Å². The summed E-state index contributed by atoms with van der Waals surface area (Å²) in [6.07, 6.45) is 0. The zero-order chi connectivity index (χ0) is 15.0. The number of nitrogens with zero attached hydrogens (tertiary/aromatic N) is 2. The van der Waals surface area contributed by atoms with Crippen molar-refractivity contribution in [3.63, 3.8) is 0 Å². The van der Waals surface area contributed by atoms with Gasteiger partial charge in [0.1, 0.15) is 11.6 Å². The molecule has 0 amide bonds. The van der Waals surface area contributed by atoms with E-state index in [0.29, 0.717) is 16.8 Å². The van der Waals surface area contributed by atoms with Crippen molar-refractivity contribution >= 4 is 22.6 Å². The molecule has 2 aromatic rings. The summed E-state index contributed by atoms with van der Waals surface area (Å²) in [7, 11) is 1.59. The molecule has 0 aliphatic carbocycles. The Morgan fingerprint density at radius 2 is 2.05 bits per heavy atom. The number of hydrogen-bond donors (Lipinski definition) is 1. The van der Waals surface area contributed by atoms with Crippen LogP contribution < -0.4 is 4.90 Å². The van der Waals surface area contributed by atoms with Gasteiger partial charge in [-0.3, -0.25) is 0 Å². The Bertz CT molecular complexity index is 688. The molecule has 0 aliphatic heterocycles. The first-order valence-electron chi connectivity index (χ1n) is 6.04. The van der Waals surface area contributed by atoms with Crippen molar-refractivity contribution in [3.8, 4) is 0 Å². The van der Waals surface area contributed by atoms with Crippen molar-refractivity contribution in [3.05, 3.63) is 35.5 Å². The van der Waals surface area contributed by atoms with Gasteiger partial charge >= 0.3 is 5.97 Å². The molecule has 0 aliphatic rings. The van der Waals surface area contributed by atoms with Gasteiger partial charge in [0.05, 0.1) is 0 Å². The predicted molar refractivity (Wildman–Crippen MR) is 71.9 cm³/mol. The number of halogens is 2. The highest BCUT2D eigenvalue weighted by molar-refractivity contribution is 5.94. The summed E-state index contributed by atoms with van der Waals surface area (Å²) in [5, 5.41) is 9.44. The molecule has 1 N–H and O–H groups in total. The van der Waals surface area contributed by atoms with Gasteiger partial charge in [-0.1, -0.05) is 0 Å². The van der Waals surface area contributed by atoms with Crippen molar-refractivity contribution in [2.45, 2.75) is 19.9 Å². The monoisotopic (exact) mass is 280 g/mol. The largest absolute Gasteiger partial charge is 0.480 e. The van der Waals surface area contributed by atoms with Gasteiger partial charge in [-0.15, -0.1) is 0 Å². The van der Waals surface area contributed by atoms with E-state index in [1.54, 1.807) is 20.0 Å². The Kier molecular flexibility index (Phi) is 3.57. The van der Waals surface area contributed by atoms with Crippen LogP contribution in [0, 0.1) is 18.6 Å². The average molecular weight is 280 g/mol. The number of carboxylic acids is 1. The Labute approximate surface area is 114 Å². The second-order valence-corrected chi connectivity index (χ2v) is 4.67. The van der Waals surface area contributed by atoms with Gasteiger partial charge in [-0.25, -0.2) is 18.6 Å². The summed E-state index contributed by atoms with van der Waals surface area (Å²) in [4.78, 5) is 16.6. The SMILES string of the molecule is Cc1cc(N(C)C(C)C(=O)O)c2ccc(F)c(F)c2n1. The fourth-order valence-electron chi connectivity index (χ4n) is 2.01. The molecule has 4 nitrogen and oxygen atoms in total.